The number of pyridine rings is 1. The van der Waals surface area contributed by atoms with Crippen LogP contribution < -0.4 is 5.32 Å². The molecule has 2 nitrogen and oxygen atoms in total. The van der Waals surface area contributed by atoms with Crippen molar-refractivity contribution in [2.75, 3.05) is 6.54 Å². The predicted octanol–water partition coefficient (Wildman–Crippen LogP) is 3.35. The average Bonchev–Trinajstić information content (AvgIpc) is 2.34. The van der Waals surface area contributed by atoms with E-state index in [2.05, 4.69) is 36.8 Å². The quantitative estimate of drug-likeness (QED) is 0.695. The van der Waals surface area contributed by atoms with Crippen molar-refractivity contribution in [3.63, 3.8) is 0 Å². The molecular weight excluding hydrogens is 208 g/mol. The van der Waals surface area contributed by atoms with Crippen LogP contribution in [0.5, 0.6) is 0 Å². The van der Waals surface area contributed by atoms with Gasteiger partial charge in [0.1, 0.15) is 0 Å². The van der Waals surface area contributed by atoms with Gasteiger partial charge in [-0.25, -0.2) is 0 Å². The molecule has 17 heavy (non-hydrogen) atoms. The summed E-state index contributed by atoms with van der Waals surface area (Å²) in [5, 5.41) is 3.55. The van der Waals surface area contributed by atoms with Crippen molar-refractivity contribution in [3.05, 3.63) is 42.2 Å². The van der Waals surface area contributed by atoms with E-state index in [4.69, 9.17) is 0 Å². The van der Waals surface area contributed by atoms with Crippen LogP contribution in [0, 0.1) is 0 Å². The second kappa shape index (κ2) is 8.02. The van der Waals surface area contributed by atoms with Gasteiger partial charge < -0.3 is 5.32 Å². The lowest BCUT2D eigenvalue weighted by Crippen LogP contribution is -2.29. The van der Waals surface area contributed by atoms with Crippen LogP contribution in [0.4, 0.5) is 0 Å². The van der Waals surface area contributed by atoms with E-state index in [0.717, 1.165) is 19.4 Å². The molecule has 0 radical (unpaired) electrons. The lowest BCUT2D eigenvalue weighted by atomic mass is 10.0. The summed E-state index contributed by atoms with van der Waals surface area (Å²) >= 11 is 0. The molecule has 0 aliphatic rings. The maximum absolute atomic E-state index is 4.15. The molecule has 94 valence electrons. The minimum atomic E-state index is 0.594. The zero-order chi connectivity index (χ0) is 12.5. The van der Waals surface area contributed by atoms with E-state index in [0.29, 0.717) is 6.04 Å². The lowest BCUT2D eigenvalue weighted by molar-refractivity contribution is 0.463. The van der Waals surface area contributed by atoms with Crippen molar-refractivity contribution in [1.29, 1.82) is 0 Å². The standard InChI is InChI=1S/C15H24N2/c1-4-17-15(9-7-13(2)3)10-8-14-6-5-11-16-12-14/h5-6,11-12,15,17H,2,4,7-10H2,1,3H3. The SMILES string of the molecule is C=C(C)CCC(CCc1cccnc1)NCC. The monoisotopic (exact) mass is 232 g/mol. The molecule has 0 amide bonds. The van der Waals surface area contributed by atoms with Gasteiger partial charge in [-0.05, 0) is 50.8 Å². The lowest BCUT2D eigenvalue weighted by Gasteiger charge is -2.17. The third-order valence-corrected chi connectivity index (χ3v) is 2.92. The van der Waals surface area contributed by atoms with Crippen LogP contribution in [-0.2, 0) is 6.42 Å². The van der Waals surface area contributed by atoms with Gasteiger partial charge in [0.2, 0.25) is 0 Å². The van der Waals surface area contributed by atoms with Crippen LogP contribution in [0.2, 0.25) is 0 Å². The normalized spacial score (nSPS) is 12.4. The minimum absolute atomic E-state index is 0.594. The Bertz CT molecular complexity index is 319. The fraction of sp³-hybridized carbons (Fsp3) is 0.533. The highest BCUT2D eigenvalue weighted by atomic mass is 14.9. The first-order chi connectivity index (χ1) is 8.22. The molecule has 1 N–H and O–H groups in total. The van der Waals surface area contributed by atoms with Gasteiger partial charge in [0.25, 0.3) is 0 Å². The smallest absolute Gasteiger partial charge is 0.0299 e. The highest BCUT2D eigenvalue weighted by molar-refractivity contribution is 5.08. The van der Waals surface area contributed by atoms with Gasteiger partial charge in [-0.15, -0.1) is 6.58 Å². The van der Waals surface area contributed by atoms with Gasteiger partial charge >= 0.3 is 0 Å². The molecule has 1 heterocycles. The van der Waals surface area contributed by atoms with Gasteiger partial charge in [-0.3, -0.25) is 4.98 Å². The summed E-state index contributed by atoms with van der Waals surface area (Å²) in [6.45, 7) is 9.27. The van der Waals surface area contributed by atoms with Gasteiger partial charge in [-0.1, -0.05) is 18.6 Å². The number of aromatic nitrogens is 1. The van der Waals surface area contributed by atoms with E-state index in [1.54, 1.807) is 0 Å². The van der Waals surface area contributed by atoms with Crippen LogP contribution in [0.25, 0.3) is 0 Å². The van der Waals surface area contributed by atoms with E-state index in [1.807, 2.05) is 18.5 Å². The summed E-state index contributed by atoms with van der Waals surface area (Å²) < 4.78 is 0. The Kier molecular flexibility index (Phi) is 6.56. The number of rotatable bonds is 8. The molecule has 1 aromatic rings. The maximum Gasteiger partial charge on any atom is 0.0299 e. The van der Waals surface area contributed by atoms with Gasteiger partial charge in [0.15, 0.2) is 0 Å². The number of aryl methyl sites for hydroxylation is 1. The van der Waals surface area contributed by atoms with Crippen molar-refractivity contribution < 1.29 is 0 Å². The first-order valence-corrected chi connectivity index (χ1v) is 6.49. The van der Waals surface area contributed by atoms with Crippen molar-refractivity contribution in [2.24, 2.45) is 0 Å². The largest absolute Gasteiger partial charge is 0.314 e. The van der Waals surface area contributed by atoms with E-state index < -0.39 is 0 Å². The Morgan fingerprint density at radius 1 is 1.47 bits per heavy atom. The Hall–Kier alpha value is -1.15. The molecule has 0 saturated carbocycles. The van der Waals surface area contributed by atoms with Crippen LogP contribution in [-0.4, -0.2) is 17.6 Å². The molecule has 0 aliphatic carbocycles. The Morgan fingerprint density at radius 3 is 2.88 bits per heavy atom. The van der Waals surface area contributed by atoms with E-state index in [1.165, 1.54) is 24.0 Å². The fourth-order valence-corrected chi connectivity index (χ4v) is 1.94. The first-order valence-electron chi connectivity index (χ1n) is 6.49. The number of nitrogens with zero attached hydrogens (tertiary/aromatic N) is 1. The van der Waals surface area contributed by atoms with Crippen molar-refractivity contribution >= 4 is 0 Å². The topological polar surface area (TPSA) is 24.9 Å². The Morgan fingerprint density at radius 2 is 2.29 bits per heavy atom. The predicted molar refractivity (Wildman–Crippen MR) is 74.1 cm³/mol. The van der Waals surface area contributed by atoms with Crippen LogP contribution in [0.3, 0.4) is 0 Å². The third-order valence-electron chi connectivity index (χ3n) is 2.92. The number of hydrogen-bond donors (Lipinski definition) is 1. The summed E-state index contributed by atoms with van der Waals surface area (Å²) in [4.78, 5) is 4.15. The molecule has 0 fully saturated rings. The molecule has 1 aromatic heterocycles. The van der Waals surface area contributed by atoms with E-state index >= 15 is 0 Å². The molecule has 2 heteroatoms. The Labute approximate surface area is 105 Å². The number of nitrogens with one attached hydrogen (secondary N) is 1. The molecule has 1 atom stereocenters. The second-order valence-corrected chi connectivity index (χ2v) is 4.65. The summed E-state index contributed by atoms with van der Waals surface area (Å²) in [6.07, 6.45) is 8.36. The van der Waals surface area contributed by atoms with Crippen molar-refractivity contribution in [1.82, 2.24) is 10.3 Å². The molecular formula is C15H24N2. The van der Waals surface area contributed by atoms with Crippen LogP contribution in [0.15, 0.2) is 36.7 Å². The van der Waals surface area contributed by atoms with Crippen LogP contribution >= 0.6 is 0 Å². The second-order valence-electron chi connectivity index (χ2n) is 4.65. The van der Waals surface area contributed by atoms with Crippen molar-refractivity contribution in [2.45, 2.75) is 45.6 Å². The first kappa shape index (κ1) is 13.9. The summed E-state index contributed by atoms with van der Waals surface area (Å²) in [5.74, 6) is 0. The van der Waals surface area contributed by atoms with E-state index in [-0.39, 0.29) is 0 Å². The van der Waals surface area contributed by atoms with Crippen molar-refractivity contribution in [3.8, 4) is 0 Å². The molecule has 1 unspecified atom stereocenters. The number of allylic oxidation sites excluding steroid dienone is 1. The molecule has 1 rings (SSSR count). The molecule has 0 saturated heterocycles. The summed E-state index contributed by atoms with van der Waals surface area (Å²) in [6, 6.07) is 4.75. The molecule has 0 bridgehead atoms. The zero-order valence-corrected chi connectivity index (χ0v) is 11.1. The summed E-state index contributed by atoms with van der Waals surface area (Å²) in [7, 11) is 0. The number of hydrogen-bond acceptors (Lipinski definition) is 2. The van der Waals surface area contributed by atoms with Crippen LogP contribution in [0.1, 0.15) is 38.7 Å². The fourth-order valence-electron chi connectivity index (χ4n) is 1.94. The molecule has 0 aliphatic heterocycles. The minimum Gasteiger partial charge on any atom is -0.314 e. The molecule has 0 spiro atoms. The summed E-state index contributed by atoms with van der Waals surface area (Å²) in [5.41, 5.74) is 2.60. The average molecular weight is 232 g/mol. The Balaban J connectivity index is 2.36. The zero-order valence-electron chi connectivity index (χ0n) is 11.1. The highest BCUT2D eigenvalue weighted by Gasteiger charge is 2.07. The highest BCUT2D eigenvalue weighted by Crippen LogP contribution is 2.11. The maximum atomic E-state index is 4.15. The van der Waals surface area contributed by atoms with Gasteiger partial charge in [0.05, 0.1) is 0 Å². The van der Waals surface area contributed by atoms with Gasteiger partial charge in [-0.2, -0.15) is 0 Å². The van der Waals surface area contributed by atoms with Gasteiger partial charge in [0, 0.05) is 18.4 Å². The van der Waals surface area contributed by atoms with E-state index in [9.17, 15) is 0 Å². The third kappa shape index (κ3) is 6.22. The molecule has 0 aromatic carbocycles.